The van der Waals surface area contributed by atoms with Crippen molar-refractivity contribution in [2.75, 3.05) is 4.90 Å². The Morgan fingerprint density at radius 1 is 0.694 bits per heavy atom. The molecule has 0 atom stereocenters. The number of pyridine rings is 2. The molecule has 3 aromatic carbocycles. The number of hydrogen-bond donors (Lipinski definition) is 1. The Labute approximate surface area is 226 Å². The molecule has 2 heterocycles. The van der Waals surface area contributed by atoms with Gasteiger partial charge >= 0.3 is 0 Å². The van der Waals surface area contributed by atoms with Gasteiger partial charge in [0.05, 0.1) is 22.8 Å². The van der Waals surface area contributed by atoms with Crippen molar-refractivity contribution in [3.8, 4) is 28.3 Å². The van der Waals surface area contributed by atoms with Crippen LogP contribution in [0.15, 0.2) is 97.2 Å². The smallest absolute Gasteiger partial charge is 0.136 e. The Kier molecular flexibility index (Phi) is 7.66. The molecule has 1 N–H and O–H groups in total. The Morgan fingerprint density at radius 3 is 2.11 bits per heavy atom. The van der Waals surface area contributed by atoms with Crippen molar-refractivity contribution in [2.45, 2.75) is 20.8 Å². The van der Waals surface area contributed by atoms with E-state index in [0.29, 0.717) is 0 Å². The van der Waals surface area contributed by atoms with Gasteiger partial charge in [-0.2, -0.15) is 0 Å². The van der Waals surface area contributed by atoms with Gasteiger partial charge in [-0.05, 0) is 67.4 Å². The van der Waals surface area contributed by atoms with Crippen molar-refractivity contribution in [1.82, 2.24) is 9.97 Å². The maximum Gasteiger partial charge on any atom is 0.136 e. The number of phenols is 1. The molecule has 0 spiro atoms. The second kappa shape index (κ2) is 10.9. The van der Waals surface area contributed by atoms with Gasteiger partial charge in [-0.3, -0.25) is 4.98 Å². The Morgan fingerprint density at radius 2 is 1.36 bits per heavy atom. The summed E-state index contributed by atoms with van der Waals surface area (Å²) in [7, 11) is 0. The zero-order valence-electron chi connectivity index (χ0n) is 20.3. The van der Waals surface area contributed by atoms with E-state index in [1.165, 1.54) is 0 Å². The molecule has 0 aliphatic heterocycles. The van der Waals surface area contributed by atoms with Crippen LogP contribution in [0.25, 0.3) is 22.5 Å². The molecule has 5 aromatic rings. The number of nitrogens with zero attached hydrogens (tertiary/aromatic N) is 3. The molecule has 0 aliphatic carbocycles. The van der Waals surface area contributed by atoms with Crippen LogP contribution in [0.2, 0.25) is 0 Å². The van der Waals surface area contributed by atoms with Crippen LogP contribution in [0.3, 0.4) is 0 Å². The summed E-state index contributed by atoms with van der Waals surface area (Å²) in [6.45, 7) is 6.11. The van der Waals surface area contributed by atoms with Gasteiger partial charge in [0.15, 0.2) is 0 Å². The van der Waals surface area contributed by atoms with Gasteiger partial charge < -0.3 is 10.0 Å². The van der Waals surface area contributed by atoms with E-state index in [0.717, 1.165) is 56.4 Å². The molecule has 36 heavy (non-hydrogen) atoms. The molecule has 0 radical (unpaired) electrons. The molecule has 0 saturated heterocycles. The second-order valence-electron chi connectivity index (χ2n) is 8.59. The maximum absolute atomic E-state index is 10.7. The van der Waals surface area contributed by atoms with Crippen LogP contribution in [0, 0.1) is 26.8 Å². The summed E-state index contributed by atoms with van der Waals surface area (Å²) < 4.78 is 0. The number of benzene rings is 3. The molecule has 0 aliphatic rings. The molecule has 2 aromatic heterocycles. The van der Waals surface area contributed by atoms with Gasteiger partial charge in [0, 0.05) is 27.3 Å². The summed E-state index contributed by atoms with van der Waals surface area (Å²) in [6.07, 6.45) is 1.78. The van der Waals surface area contributed by atoms with Crippen LogP contribution >= 0.6 is 0 Å². The van der Waals surface area contributed by atoms with Gasteiger partial charge in [0.2, 0.25) is 0 Å². The third-order valence-electron chi connectivity index (χ3n) is 6.10. The standard InChI is InChI=1S/C31H26N3O.Pt/c1-21-10-6-11-22(2)30(21)34(29-18-9-17-28(33-29)27-16-4-5-19-32-27)25-14-8-13-24(20-25)26-15-7-12-23(3)31(26)35;/h4-19,35H,1-3H3;/q-1;. The topological polar surface area (TPSA) is 49.2 Å². The number of aryl methyl sites for hydroxylation is 3. The van der Waals surface area contributed by atoms with Crippen LogP contribution in [0.5, 0.6) is 5.75 Å². The largest absolute Gasteiger partial charge is 0.517 e. The van der Waals surface area contributed by atoms with E-state index >= 15 is 0 Å². The second-order valence-corrected chi connectivity index (χ2v) is 8.59. The van der Waals surface area contributed by atoms with Crippen LogP contribution < -0.4 is 4.90 Å². The number of anilines is 3. The van der Waals surface area contributed by atoms with E-state index in [2.05, 4.69) is 48.0 Å². The van der Waals surface area contributed by atoms with E-state index in [-0.39, 0.29) is 26.8 Å². The fraction of sp³-hybridized carbons (Fsp3) is 0.0968. The number of rotatable bonds is 5. The van der Waals surface area contributed by atoms with E-state index < -0.39 is 0 Å². The van der Waals surface area contributed by atoms with Crippen LogP contribution in [0.1, 0.15) is 16.7 Å². The van der Waals surface area contributed by atoms with Crippen molar-refractivity contribution in [1.29, 1.82) is 0 Å². The van der Waals surface area contributed by atoms with Gasteiger partial charge in [-0.1, -0.05) is 54.1 Å². The number of phenolic OH excluding ortho intramolecular Hbond substituents is 1. The minimum Gasteiger partial charge on any atom is -0.517 e. The molecule has 5 heteroatoms. The molecule has 0 fully saturated rings. The number of hydrogen-bond acceptors (Lipinski definition) is 4. The summed E-state index contributed by atoms with van der Waals surface area (Å²) in [5.74, 6) is 1.04. The van der Waals surface area contributed by atoms with Crippen molar-refractivity contribution in [3.05, 3.63) is 120 Å². The molecular formula is C31H26N3OPt-. The summed E-state index contributed by atoms with van der Waals surface area (Å²) >= 11 is 0. The van der Waals surface area contributed by atoms with E-state index in [1.807, 2.05) is 79.7 Å². The van der Waals surface area contributed by atoms with Crippen molar-refractivity contribution >= 4 is 17.2 Å². The summed E-state index contributed by atoms with van der Waals surface area (Å²) in [5.41, 5.74) is 8.18. The zero-order chi connectivity index (χ0) is 24.4. The predicted molar refractivity (Wildman–Crippen MR) is 142 cm³/mol. The third-order valence-corrected chi connectivity index (χ3v) is 6.10. The molecular weight excluding hydrogens is 625 g/mol. The molecule has 0 bridgehead atoms. The maximum atomic E-state index is 10.7. The van der Waals surface area contributed by atoms with Gasteiger partial charge in [0.25, 0.3) is 0 Å². The molecule has 0 saturated carbocycles. The van der Waals surface area contributed by atoms with Crippen molar-refractivity contribution in [2.24, 2.45) is 0 Å². The number of para-hydroxylation sites is 2. The number of aromatic nitrogens is 2. The van der Waals surface area contributed by atoms with Crippen molar-refractivity contribution < 1.29 is 26.2 Å². The normalized spacial score (nSPS) is 10.5. The fourth-order valence-electron chi connectivity index (χ4n) is 4.34. The Bertz CT molecular complexity index is 1480. The van der Waals surface area contributed by atoms with Gasteiger partial charge in [0.1, 0.15) is 5.82 Å². The third kappa shape index (κ3) is 4.96. The first-order valence-electron chi connectivity index (χ1n) is 11.6. The summed E-state index contributed by atoms with van der Waals surface area (Å²) in [5, 5.41) is 10.7. The first kappa shape index (κ1) is 25.3. The van der Waals surface area contributed by atoms with Gasteiger partial charge in [-0.25, -0.2) is 4.98 Å². The van der Waals surface area contributed by atoms with Crippen LogP contribution in [-0.4, -0.2) is 15.1 Å². The van der Waals surface area contributed by atoms with E-state index in [4.69, 9.17) is 4.98 Å². The Hall–Kier alpha value is -3.75. The summed E-state index contributed by atoms with van der Waals surface area (Å²) in [6, 6.07) is 33.4. The van der Waals surface area contributed by atoms with Crippen molar-refractivity contribution in [3.63, 3.8) is 0 Å². The molecule has 0 unspecified atom stereocenters. The molecule has 0 amide bonds. The summed E-state index contributed by atoms with van der Waals surface area (Å²) in [4.78, 5) is 11.6. The van der Waals surface area contributed by atoms with E-state index in [9.17, 15) is 5.11 Å². The first-order valence-corrected chi connectivity index (χ1v) is 11.6. The number of aromatic hydroxyl groups is 1. The fourth-order valence-corrected chi connectivity index (χ4v) is 4.34. The first-order chi connectivity index (χ1) is 17.0. The minimum absolute atomic E-state index is 0. The average molecular weight is 652 g/mol. The quantitative estimate of drug-likeness (QED) is 0.198. The molecule has 5 rings (SSSR count). The minimum atomic E-state index is 0. The van der Waals surface area contributed by atoms with E-state index in [1.54, 1.807) is 6.20 Å². The van der Waals surface area contributed by atoms with Crippen LogP contribution in [-0.2, 0) is 21.1 Å². The predicted octanol–water partition coefficient (Wildman–Crippen LogP) is 7.71. The monoisotopic (exact) mass is 651 g/mol. The van der Waals surface area contributed by atoms with Gasteiger partial charge in [-0.15, -0.1) is 29.8 Å². The molecule has 182 valence electrons. The Balaban J connectivity index is 0.00000304. The molecule has 4 nitrogen and oxygen atoms in total. The zero-order valence-corrected chi connectivity index (χ0v) is 22.6. The SMILES string of the molecule is Cc1cccc(-c2[c-]c(N(c3cccc(-c4ccccn4)n3)c3c(C)cccc3C)ccc2)c1O.[Pt]. The van der Waals surface area contributed by atoms with Crippen LogP contribution in [0.4, 0.5) is 17.2 Å². The average Bonchev–Trinajstić information content (AvgIpc) is 2.88.